The fraction of sp³-hybridized carbons (Fsp3) is 0.765. The van der Waals surface area contributed by atoms with Crippen LogP contribution in [0.1, 0.15) is 114 Å². The number of carbonyl (C=O) groups excluding carboxylic acids is 1. The highest BCUT2D eigenvalue weighted by molar-refractivity contribution is 5.87. The number of halogens is 9. The van der Waals surface area contributed by atoms with Crippen LogP contribution in [0, 0.1) is 29.1 Å². The molecule has 0 aromatic heterocycles. The molecule has 47 heavy (non-hydrogen) atoms. The fourth-order valence-corrected chi connectivity index (χ4v) is 8.69. The second-order valence-electron chi connectivity index (χ2n) is 14.2. The first kappa shape index (κ1) is 37.4. The molecule has 0 bridgehead atoms. The number of hydrogen-bond acceptors (Lipinski definition) is 3. The number of aliphatic carboxylic acids is 1. The van der Waals surface area contributed by atoms with Gasteiger partial charge in [-0.25, -0.2) is 0 Å². The zero-order valence-electron chi connectivity index (χ0n) is 26.3. The molecule has 0 saturated heterocycles. The third-order valence-electron chi connectivity index (χ3n) is 11.3. The number of rotatable bonds is 15. The molecule has 1 aromatic carbocycles. The van der Waals surface area contributed by atoms with Crippen LogP contribution in [-0.4, -0.2) is 45.9 Å². The van der Waals surface area contributed by atoms with Crippen LogP contribution >= 0.6 is 0 Å². The number of fused-ring (bicyclic) bond motifs is 5. The second kappa shape index (κ2) is 13.8. The molecular formula is C34H43F9O4. The number of Topliss-reactive ketones (excluding diaryl/α,β-unsaturated/α-hetero) is 1. The lowest BCUT2D eigenvalue weighted by Gasteiger charge is -2.51. The molecule has 4 nitrogen and oxygen atoms in total. The summed E-state index contributed by atoms with van der Waals surface area (Å²) in [7, 11) is 0. The van der Waals surface area contributed by atoms with E-state index < -0.39 is 55.1 Å². The maximum absolute atomic E-state index is 13.8. The summed E-state index contributed by atoms with van der Waals surface area (Å²) < 4.78 is 118. The minimum atomic E-state index is -6.95. The number of aromatic hydroxyl groups is 1. The molecule has 6 atom stereocenters. The van der Waals surface area contributed by atoms with Crippen molar-refractivity contribution in [2.75, 3.05) is 0 Å². The Morgan fingerprint density at radius 1 is 0.915 bits per heavy atom. The van der Waals surface area contributed by atoms with Crippen molar-refractivity contribution >= 4 is 11.8 Å². The molecule has 2 saturated carbocycles. The van der Waals surface area contributed by atoms with E-state index in [-0.39, 0.29) is 17.6 Å². The standard InChI is InChI=1S/C34H43F9O4/c1-30-17-15-25-24-12-11-23(44)19-22(24)18-21(28(25)26(30)13-14-27(30)45)9-6-4-2-3-5-8-20(29(46)47)10-7-16-31(35,36)32(37,38)33(39,40)34(41,42)43/h11-12,19-21,25-26,28,44H,2-10,13-18H2,1H3,(H,46,47)/t20?,21?,25?,26?,28?,30-/m0/s1. The van der Waals surface area contributed by atoms with Gasteiger partial charge in [-0.05, 0) is 98.3 Å². The van der Waals surface area contributed by atoms with Crippen LogP contribution in [-0.2, 0) is 16.0 Å². The van der Waals surface area contributed by atoms with Gasteiger partial charge in [-0.3, -0.25) is 9.59 Å². The maximum atomic E-state index is 13.8. The first-order valence-corrected chi connectivity index (χ1v) is 16.5. The summed E-state index contributed by atoms with van der Waals surface area (Å²) >= 11 is 0. The van der Waals surface area contributed by atoms with E-state index in [2.05, 4.69) is 6.92 Å². The SMILES string of the molecule is C[C@]12CCC3c4ccc(O)cc4CC(CCCCCCCC(CCCC(F)(F)C(F)(F)C(F)(F)C(F)(F)F)C(=O)O)C3C1CCC2=O. The predicted octanol–water partition coefficient (Wildman–Crippen LogP) is 10.1. The smallest absolute Gasteiger partial charge is 0.460 e. The number of phenols is 1. The quantitative estimate of drug-likeness (QED) is 0.142. The van der Waals surface area contributed by atoms with Crippen molar-refractivity contribution in [2.24, 2.45) is 29.1 Å². The van der Waals surface area contributed by atoms with E-state index in [1.165, 1.54) is 5.56 Å². The predicted molar refractivity (Wildman–Crippen MR) is 155 cm³/mol. The molecule has 0 radical (unpaired) electrons. The Hall–Kier alpha value is -2.47. The number of carbonyl (C=O) groups is 2. The molecule has 3 aliphatic carbocycles. The van der Waals surface area contributed by atoms with Gasteiger partial charge in [0.25, 0.3) is 0 Å². The van der Waals surface area contributed by atoms with E-state index in [9.17, 15) is 59.3 Å². The van der Waals surface area contributed by atoms with E-state index >= 15 is 0 Å². The van der Waals surface area contributed by atoms with Gasteiger partial charge in [0.1, 0.15) is 11.5 Å². The van der Waals surface area contributed by atoms with Crippen molar-refractivity contribution in [2.45, 2.75) is 133 Å². The van der Waals surface area contributed by atoms with Crippen molar-refractivity contribution in [3.8, 4) is 5.75 Å². The Bertz CT molecular complexity index is 1280. The van der Waals surface area contributed by atoms with Crippen LogP contribution in [0.4, 0.5) is 39.5 Å². The largest absolute Gasteiger partial charge is 0.508 e. The highest BCUT2D eigenvalue weighted by atomic mass is 19.4. The third kappa shape index (κ3) is 7.28. The average Bonchev–Trinajstić information content (AvgIpc) is 3.28. The van der Waals surface area contributed by atoms with Crippen molar-refractivity contribution in [3.05, 3.63) is 29.3 Å². The zero-order valence-corrected chi connectivity index (χ0v) is 26.3. The number of hydrogen-bond donors (Lipinski definition) is 2. The lowest BCUT2D eigenvalue weighted by atomic mass is 9.52. The number of benzene rings is 1. The summed E-state index contributed by atoms with van der Waals surface area (Å²) in [5, 5.41) is 19.6. The first-order valence-electron chi connectivity index (χ1n) is 16.5. The molecule has 4 rings (SSSR count). The fourth-order valence-electron chi connectivity index (χ4n) is 8.69. The Morgan fingerprint density at radius 2 is 1.55 bits per heavy atom. The van der Waals surface area contributed by atoms with Gasteiger partial charge in [-0.2, -0.15) is 39.5 Å². The van der Waals surface area contributed by atoms with E-state index in [0.717, 1.165) is 56.9 Å². The van der Waals surface area contributed by atoms with Gasteiger partial charge >= 0.3 is 29.9 Å². The molecule has 13 heteroatoms. The number of carboxylic acid groups (broad SMARTS) is 1. The summed E-state index contributed by atoms with van der Waals surface area (Å²) in [6, 6.07) is 5.59. The number of carboxylic acids is 1. The number of unbranched alkanes of at least 4 members (excludes halogenated alkanes) is 4. The van der Waals surface area contributed by atoms with Gasteiger partial charge in [-0.1, -0.05) is 45.1 Å². The van der Waals surface area contributed by atoms with Crippen molar-refractivity contribution in [1.29, 1.82) is 0 Å². The molecule has 5 unspecified atom stereocenters. The van der Waals surface area contributed by atoms with E-state index in [1.54, 1.807) is 6.07 Å². The molecule has 0 heterocycles. The molecule has 266 valence electrons. The third-order valence-corrected chi connectivity index (χ3v) is 11.3. The van der Waals surface area contributed by atoms with Gasteiger partial charge < -0.3 is 10.2 Å². The molecule has 1 aromatic rings. The summed E-state index contributed by atoms with van der Waals surface area (Å²) in [5.41, 5.74) is 2.13. The second-order valence-corrected chi connectivity index (χ2v) is 14.2. The number of ketones is 1. The molecular weight excluding hydrogens is 643 g/mol. The minimum Gasteiger partial charge on any atom is -0.508 e. The highest BCUT2D eigenvalue weighted by Gasteiger charge is 2.81. The molecule has 0 spiro atoms. The lowest BCUT2D eigenvalue weighted by Crippen LogP contribution is -2.60. The Balaban J connectivity index is 1.24. The maximum Gasteiger partial charge on any atom is 0.460 e. The van der Waals surface area contributed by atoms with E-state index in [1.807, 2.05) is 12.1 Å². The minimum absolute atomic E-state index is 0.0248. The van der Waals surface area contributed by atoms with E-state index in [0.29, 0.717) is 48.7 Å². The zero-order chi connectivity index (χ0) is 35.0. The molecule has 0 amide bonds. The molecule has 0 aliphatic heterocycles. The Kier molecular flexibility index (Phi) is 11.0. The van der Waals surface area contributed by atoms with Gasteiger partial charge in [0.05, 0.1) is 5.92 Å². The van der Waals surface area contributed by atoms with Crippen molar-refractivity contribution in [1.82, 2.24) is 0 Å². The van der Waals surface area contributed by atoms with Crippen LogP contribution < -0.4 is 0 Å². The number of alkyl halides is 9. The Labute approximate surface area is 268 Å². The van der Waals surface area contributed by atoms with Gasteiger partial charge in [0.15, 0.2) is 0 Å². The van der Waals surface area contributed by atoms with Crippen molar-refractivity contribution < 1.29 is 59.3 Å². The Morgan fingerprint density at radius 3 is 2.21 bits per heavy atom. The summed E-state index contributed by atoms with van der Waals surface area (Å²) in [5.74, 6) is -20.0. The van der Waals surface area contributed by atoms with Crippen LogP contribution in [0.3, 0.4) is 0 Å². The summed E-state index contributed by atoms with van der Waals surface area (Å²) in [4.78, 5) is 24.5. The van der Waals surface area contributed by atoms with Gasteiger partial charge in [0.2, 0.25) is 0 Å². The van der Waals surface area contributed by atoms with Crippen LogP contribution in [0.15, 0.2) is 18.2 Å². The van der Waals surface area contributed by atoms with E-state index in [4.69, 9.17) is 0 Å². The summed E-state index contributed by atoms with van der Waals surface area (Å²) in [6.07, 6.45) is -1.87. The molecule has 3 aliphatic rings. The average molecular weight is 687 g/mol. The summed E-state index contributed by atoms with van der Waals surface area (Å²) in [6.45, 7) is 2.12. The van der Waals surface area contributed by atoms with Gasteiger partial charge in [0, 0.05) is 18.3 Å². The van der Waals surface area contributed by atoms with Gasteiger partial charge in [-0.15, -0.1) is 0 Å². The van der Waals surface area contributed by atoms with Crippen LogP contribution in [0.5, 0.6) is 5.75 Å². The molecule has 2 fully saturated rings. The normalized spacial score (nSPS) is 27.2. The van der Waals surface area contributed by atoms with Crippen LogP contribution in [0.25, 0.3) is 0 Å². The van der Waals surface area contributed by atoms with Crippen LogP contribution in [0.2, 0.25) is 0 Å². The highest BCUT2D eigenvalue weighted by Crippen LogP contribution is 2.62. The number of phenolic OH excluding ortho intramolecular Hbond substituents is 1. The molecule has 2 N–H and O–H groups in total. The van der Waals surface area contributed by atoms with Crippen molar-refractivity contribution in [3.63, 3.8) is 0 Å². The lowest BCUT2D eigenvalue weighted by molar-refractivity contribution is -0.396. The topological polar surface area (TPSA) is 74.6 Å². The monoisotopic (exact) mass is 686 g/mol. The first-order chi connectivity index (χ1) is 21.7.